The van der Waals surface area contributed by atoms with E-state index in [1.807, 2.05) is 34.6 Å². The van der Waals surface area contributed by atoms with E-state index in [4.69, 9.17) is 15.6 Å². The smallest absolute Gasteiger partial charge is 0.475 e. The molecule has 67 heavy (non-hydrogen) atoms. The number of amides is 6. The lowest BCUT2D eigenvalue weighted by Gasteiger charge is -2.29. The molecule has 21 heteroatoms. The van der Waals surface area contributed by atoms with Gasteiger partial charge in [0.25, 0.3) is 0 Å². The third-order valence-electron chi connectivity index (χ3n) is 10.7. The molecule has 2 aliphatic rings. The lowest BCUT2D eigenvalue weighted by atomic mass is 9.83. The first-order valence-electron chi connectivity index (χ1n) is 22.3. The van der Waals surface area contributed by atoms with Crippen molar-refractivity contribution in [2.75, 3.05) is 31.5 Å². The van der Waals surface area contributed by atoms with Crippen LogP contribution in [0, 0.1) is 11.8 Å². The maximum absolute atomic E-state index is 13.9. The second-order valence-corrected chi connectivity index (χ2v) is 17.3. The zero-order valence-electron chi connectivity index (χ0n) is 38.6. The topological polar surface area (TPSA) is 275 Å². The summed E-state index contributed by atoms with van der Waals surface area (Å²) in [5.41, 5.74) is 7.64. The number of nitrogens with zero attached hydrogens (tertiary/aromatic N) is 1. The molecule has 2 aromatic rings. The van der Waals surface area contributed by atoms with Crippen molar-refractivity contribution >= 4 is 58.7 Å². The molecule has 0 unspecified atom stereocenters. The van der Waals surface area contributed by atoms with Gasteiger partial charge in [-0.1, -0.05) is 77.4 Å². The van der Waals surface area contributed by atoms with E-state index >= 15 is 0 Å². The Morgan fingerprint density at radius 1 is 0.761 bits per heavy atom. The summed E-state index contributed by atoms with van der Waals surface area (Å²) in [4.78, 5) is 116. The van der Waals surface area contributed by atoms with Crippen LogP contribution in [-0.4, -0.2) is 126 Å². The first-order valence-corrected chi connectivity index (χ1v) is 22.3. The number of carboxylic acids is 1. The number of nitrogens with one attached hydrogen (secondary N) is 6. The number of alkyl halides is 3. The fourth-order valence-corrected chi connectivity index (χ4v) is 7.50. The number of benzene rings is 2. The first-order chi connectivity index (χ1) is 31.5. The average Bonchev–Trinajstić information content (AvgIpc) is 3.76. The molecule has 0 spiro atoms. The van der Waals surface area contributed by atoms with Crippen LogP contribution in [0.2, 0.25) is 0 Å². The molecule has 1 fully saturated rings. The van der Waals surface area contributed by atoms with E-state index in [1.54, 1.807) is 42.5 Å². The van der Waals surface area contributed by atoms with Gasteiger partial charge in [0.2, 0.25) is 35.4 Å². The third-order valence-corrected chi connectivity index (χ3v) is 10.7. The van der Waals surface area contributed by atoms with Crippen molar-refractivity contribution in [3.63, 3.8) is 0 Å². The number of hydrogen-bond donors (Lipinski definition) is 8. The van der Waals surface area contributed by atoms with Crippen LogP contribution < -0.4 is 37.6 Å². The average molecular weight is 945 g/mol. The molecule has 0 aromatic heterocycles. The minimum absolute atomic E-state index is 0.00673. The molecule has 1 aliphatic carbocycles. The van der Waals surface area contributed by atoms with E-state index < -0.39 is 78.4 Å². The lowest BCUT2D eigenvalue weighted by Crippen LogP contribution is -2.57. The standard InChI is InChI=1S/C44H62N8O8.C2HF3O2/c1-7-13-32(50-40(56)27(6)45)42(58)51-33(22-25(2)3)41(57)48-24-36(53)49-34(23-26(4)5)44(60)52-21-11-18-35(52)43(59)47-20-12-19-46-31-17-10-16-30-37(31)39(55)29-15-9-8-14-28(29)38(30)54;3-2(4,5)1(6)7/h8-10,14-17,25-27,32-35,46H,7,11-13,18-24,45H2,1-6H3,(H,47,59)(H,48,57)(H,49,53)(H,50,56)(H,51,58);(H,6,7)/t27-,32-,33-,34-,35-;/m0./s1. The largest absolute Gasteiger partial charge is 0.490 e. The molecule has 1 heterocycles. The van der Waals surface area contributed by atoms with Gasteiger partial charge < -0.3 is 47.6 Å². The number of carboxylic acid groups (broad SMARTS) is 1. The van der Waals surface area contributed by atoms with Crippen molar-refractivity contribution in [1.82, 2.24) is 31.5 Å². The Kier molecular flexibility index (Phi) is 20.9. The summed E-state index contributed by atoms with van der Waals surface area (Å²) in [7, 11) is 0. The quantitative estimate of drug-likeness (QED) is 0.0717. The van der Waals surface area contributed by atoms with E-state index in [1.165, 1.54) is 11.8 Å². The number of rotatable bonds is 21. The molecule has 1 saturated heterocycles. The molecule has 4 rings (SSSR count). The minimum Gasteiger partial charge on any atom is -0.475 e. The van der Waals surface area contributed by atoms with E-state index in [2.05, 4.69) is 31.9 Å². The Hall–Kier alpha value is -6.38. The molecular weight excluding hydrogens is 882 g/mol. The normalized spacial score (nSPS) is 16.0. The predicted molar refractivity (Wildman–Crippen MR) is 241 cm³/mol. The molecule has 6 amide bonds. The van der Waals surface area contributed by atoms with Crippen molar-refractivity contribution in [3.8, 4) is 0 Å². The summed E-state index contributed by atoms with van der Waals surface area (Å²) in [6.07, 6.45) is -2.01. The van der Waals surface area contributed by atoms with Gasteiger partial charge in [-0.25, -0.2) is 4.79 Å². The highest BCUT2D eigenvalue weighted by atomic mass is 19.4. The monoisotopic (exact) mass is 944 g/mol. The molecule has 368 valence electrons. The zero-order chi connectivity index (χ0) is 50.2. The number of aliphatic carboxylic acids is 1. The van der Waals surface area contributed by atoms with Crippen molar-refractivity contribution in [2.45, 2.75) is 123 Å². The molecule has 2 aromatic carbocycles. The highest BCUT2D eigenvalue weighted by Crippen LogP contribution is 2.32. The highest BCUT2D eigenvalue weighted by molar-refractivity contribution is 6.30. The third kappa shape index (κ3) is 16.2. The van der Waals surface area contributed by atoms with Gasteiger partial charge in [0, 0.05) is 42.0 Å². The minimum atomic E-state index is -5.08. The van der Waals surface area contributed by atoms with Crippen LogP contribution >= 0.6 is 0 Å². The second kappa shape index (κ2) is 25.5. The van der Waals surface area contributed by atoms with Gasteiger partial charge in [0.1, 0.15) is 24.2 Å². The summed E-state index contributed by atoms with van der Waals surface area (Å²) in [5.74, 6) is -6.08. The molecule has 0 radical (unpaired) electrons. The second-order valence-electron chi connectivity index (χ2n) is 17.3. The zero-order valence-corrected chi connectivity index (χ0v) is 38.6. The molecule has 9 N–H and O–H groups in total. The number of hydrogen-bond acceptors (Lipinski definition) is 11. The number of nitrogens with two attached hydrogens (primary N) is 1. The number of halogens is 3. The fraction of sp³-hybridized carbons (Fsp3) is 0.543. The highest BCUT2D eigenvalue weighted by Gasteiger charge is 2.39. The molecule has 18 nitrogen and oxygen atoms in total. The van der Waals surface area contributed by atoms with Gasteiger partial charge in [-0.05, 0) is 63.4 Å². The SMILES string of the molecule is CCC[C@H](NC(=O)[C@H](C)N)C(=O)N[C@@H](CC(C)C)C(=O)NCC(=O)N[C@@H](CC(C)C)C(=O)N1CCC[C@H]1C(=O)NCCCNc1cccc2c1C(=O)c1ccccc1C2=O.O=C(O)C(F)(F)F. The van der Waals surface area contributed by atoms with E-state index in [0.29, 0.717) is 86.1 Å². The van der Waals surface area contributed by atoms with Gasteiger partial charge in [0.15, 0.2) is 11.6 Å². The van der Waals surface area contributed by atoms with Gasteiger partial charge in [0.05, 0.1) is 18.2 Å². The number of ketones is 2. The van der Waals surface area contributed by atoms with Gasteiger partial charge in [-0.2, -0.15) is 13.2 Å². The van der Waals surface area contributed by atoms with Crippen LogP contribution in [0.5, 0.6) is 0 Å². The summed E-state index contributed by atoms with van der Waals surface area (Å²) >= 11 is 0. The summed E-state index contributed by atoms with van der Waals surface area (Å²) < 4.78 is 31.7. The predicted octanol–water partition coefficient (Wildman–Crippen LogP) is 2.81. The van der Waals surface area contributed by atoms with Crippen LogP contribution in [0.1, 0.15) is 118 Å². The van der Waals surface area contributed by atoms with Crippen LogP contribution in [0.15, 0.2) is 42.5 Å². The lowest BCUT2D eigenvalue weighted by molar-refractivity contribution is -0.192. The molecule has 5 atom stereocenters. The molecule has 0 saturated carbocycles. The summed E-state index contributed by atoms with van der Waals surface area (Å²) in [6, 6.07) is 7.52. The van der Waals surface area contributed by atoms with Crippen LogP contribution in [0.25, 0.3) is 0 Å². The van der Waals surface area contributed by atoms with Crippen LogP contribution in [0.3, 0.4) is 0 Å². The molecular formula is C46H63F3N8O10. The van der Waals surface area contributed by atoms with Gasteiger partial charge in [-0.15, -0.1) is 0 Å². The number of fused-ring (bicyclic) bond motifs is 2. The van der Waals surface area contributed by atoms with Crippen molar-refractivity contribution in [3.05, 3.63) is 64.7 Å². The Morgan fingerprint density at radius 2 is 1.34 bits per heavy atom. The number of likely N-dealkylation sites (tertiary alicyclic amines) is 1. The molecule has 1 aliphatic heterocycles. The fourth-order valence-electron chi connectivity index (χ4n) is 7.50. The van der Waals surface area contributed by atoms with E-state index in [0.717, 1.165) is 0 Å². The van der Waals surface area contributed by atoms with Crippen LogP contribution in [0.4, 0.5) is 18.9 Å². The van der Waals surface area contributed by atoms with Crippen LogP contribution in [-0.2, 0) is 33.6 Å². The first kappa shape index (κ1) is 55.0. The maximum Gasteiger partial charge on any atom is 0.490 e. The Morgan fingerprint density at radius 3 is 1.93 bits per heavy atom. The number of anilines is 1. The number of carbonyl (C=O) groups excluding carboxylic acids is 8. The summed E-state index contributed by atoms with van der Waals surface area (Å²) in [5, 5.41) is 24.0. The molecule has 0 bridgehead atoms. The van der Waals surface area contributed by atoms with Crippen molar-refractivity contribution < 1.29 is 61.4 Å². The van der Waals surface area contributed by atoms with E-state index in [9.17, 15) is 51.5 Å². The van der Waals surface area contributed by atoms with Gasteiger partial charge in [-0.3, -0.25) is 38.4 Å². The Bertz CT molecular complexity index is 2130. The Balaban J connectivity index is 0.00000157. The van der Waals surface area contributed by atoms with Crippen molar-refractivity contribution in [1.29, 1.82) is 0 Å². The number of carbonyl (C=O) groups is 9. The van der Waals surface area contributed by atoms with E-state index in [-0.39, 0.29) is 35.7 Å². The van der Waals surface area contributed by atoms with Crippen molar-refractivity contribution in [2.24, 2.45) is 17.6 Å². The maximum atomic E-state index is 13.9. The summed E-state index contributed by atoms with van der Waals surface area (Å²) in [6.45, 7) is 11.6. The van der Waals surface area contributed by atoms with Gasteiger partial charge >= 0.3 is 12.1 Å². The Labute approximate surface area is 387 Å².